The molecule has 0 aliphatic heterocycles. The largest absolute Gasteiger partial charge is 0.497 e. The van der Waals surface area contributed by atoms with Gasteiger partial charge in [-0.3, -0.25) is 14.5 Å². The number of aromatic amines is 1. The van der Waals surface area contributed by atoms with Gasteiger partial charge in [-0.1, -0.05) is 0 Å². The number of ether oxygens (including phenoxy) is 1. The van der Waals surface area contributed by atoms with Gasteiger partial charge in [0.05, 0.1) is 7.11 Å². The molecule has 0 aliphatic rings. The van der Waals surface area contributed by atoms with Crippen LogP contribution < -0.4 is 10.1 Å². The smallest absolute Gasteiger partial charge is 0.222 e. The number of carbonyl (C=O) groups excluding carboxylic acids is 1. The quantitative estimate of drug-likeness (QED) is 0.562. The fraction of sp³-hybridized carbons (Fsp3) is 0.316. The fourth-order valence-corrected chi connectivity index (χ4v) is 3.76. The highest BCUT2D eigenvalue weighted by atomic mass is 32.1. The van der Waals surface area contributed by atoms with Gasteiger partial charge in [0, 0.05) is 24.6 Å². The van der Waals surface area contributed by atoms with Crippen molar-refractivity contribution in [1.29, 1.82) is 0 Å². The number of amides is 1. The van der Waals surface area contributed by atoms with Crippen LogP contribution in [0.4, 0.5) is 0 Å². The van der Waals surface area contributed by atoms with E-state index in [0.29, 0.717) is 23.6 Å². The van der Waals surface area contributed by atoms with Gasteiger partial charge in [-0.25, -0.2) is 0 Å². The van der Waals surface area contributed by atoms with Crippen LogP contribution in [0.25, 0.3) is 11.4 Å². The second-order valence-corrected chi connectivity index (χ2v) is 7.45. The van der Waals surface area contributed by atoms with E-state index < -0.39 is 0 Å². The lowest BCUT2D eigenvalue weighted by molar-refractivity contribution is -0.121. The average molecular weight is 403 g/mol. The Morgan fingerprint density at radius 3 is 2.81 bits per heavy atom. The number of thiophene rings is 1. The van der Waals surface area contributed by atoms with E-state index >= 15 is 0 Å². The topological polar surface area (TPSA) is 71.9 Å². The molecule has 3 aromatic rings. The number of rotatable bonds is 8. The molecule has 0 saturated heterocycles. The number of nitrogens with one attached hydrogen (secondary N) is 2. The highest BCUT2D eigenvalue weighted by Crippen LogP contribution is 2.21. The van der Waals surface area contributed by atoms with E-state index in [1.165, 1.54) is 5.56 Å². The summed E-state index contributed by atoms with van der Waals surface area (Å²) in [6.45, 7) is 2.48. The molecule has 27 heavy (non-hydrogen) atoms. The molecule has 2 aromatic heterocycles. The Morgan fingerprint density at radius 2 is 2.15 bits per heavy atom. The van der Waals surface area contributed by atoms with Crippen molar-refractivity contribution in [3.05, 3.63) is 51.4 Å². The van der Waals surface area contributed by atoms with Crippen molar-refractivity contribution < 1.29 is 9.53 Å². The first-order valence-electron chi connectivity index (χ1n) is 8.67. The maximum Gasteiger partial charge on any atom is 0.222 e. The summed E-state index contributed by atoms with van der Waals surface area (Å²) >= 11 is 6.99. The Bertz CT molecular complexity index is 930. The maximum absolute atomic E-state index is 12.3. The molecule has 2 N–H and O–H groups in total. The summed E-state index contributed by atoms with van der Waals surface area (Å²) < 4.78 is 7.53. The van der Waals surface area contributed by atoms with Gasteiger partial charge in [0.1, 0.15) is 5.75 Å². The minimum atomic E-state index is 0.00140. The van der Waals surface area contributed by atoms with Crippen LogP contribution >= 0.6 is 23.6 Å². The summed E-state index contributed by atoms with van der Waals surface area (Å²) in [7, 11) is 1.63. The van der Waals surface area contributed by atoms with E-state index in [4.69, 9.17) is 17.0 Å². The first-order valence-corrected chi connectivity index (χ1v) is 10.0. The Balaban J connectivity index is 1.61. The van der Waals surface area contributed by atoms with Crippen molar-refractivity contribution in [1.82, 2.24) is 20.1 Å². The molecule has 6 nitrogen and oxygen atoms in total. The predicted octanol–water partition coefficient (Wildman–Crippen LogP) is 3.82. The van der Waals surface area contributed by atoms with Crippen molar-refractivity contribution in [3.63, 3.8) is 0 Å². The molecule has 1 atom stereocenters. The van der Waals surface area contributed by atoms with Crippen LogP contribution in [0.3, 0.4) is 0 Å². The van der Waals surface area contributed by atoms with Crippen molar-refractivity contribution in [2.75, 3.05) is 7.11 Å². The van der Waals surface area contributed by atoms with E-state index in [0.717, 1.165) is 17.7 Å². The molecule has 0 bridgehead atoms. The molecule has 0 saturated carbocycles. The molecule has 1 amide bonds. The van der Waals surface area contributed by atoms with Crippen molar-refractivity contribution in [2.45, 2.75) is 32.4 Å². The van der Waals surface area contributed by atoms with Gasteiger partial charge in [0.2, 0.25) is 5.91 Å². The lowest BCUT2D eigenvalue weighted by Gasteiger charge is -2.14. The third-order valence-corrected chi connectivity index (χ3v) is 5.24. The van der Waals surface area contributed by atoms with E-state index in [1.54, 1.807) is 18.4 Å². The van der Waals surface area contributed by atoms with Gasteiger partial charge < -0.3 is 10.1 Å². The molecule has 1 aromatic carbocycles. The van der Waals surface area contributed by atoms with Crippen LogP contribution in [0, 0.1) is 4.77 Å². The van der Waals surface area contributed by atoms with Crippen molar-refractivity contribution in [2.24, 2.45) is 0 Å². The van der Waals surface area contributed by atoms with Crippen molar-refractivity contribution >= 4 is 29.5 Å². The summed E-state index contributed by atoms with van der Waals surface area (Å²) in [5.74, 6) is 1.49. The number of methoxy groups -OCH3 is 1. The molecule has 2 heterocycles. The average Bonchev–Trinajstić information content (AvgIpc) is 3.29. The van der Waals surface area contributed by atoms with Gasteiger partial charge in [0.15, 0.2) is 10.6 Å². The Hall–Kier alpha value is -2.45. The first-order chi connectivity index (χ1) is 13.1. The summed E-state index contributed by atoms with van der Waals surface area (Å²) in [6.07, 6.45) is 1.17. The van der Waals surface area contributed by atoms with Crippen LogP contribution in [-0.4, -0.2) is 33.8 Å². The number of carbonyl (C=O) groups is 1. The zero-order chi connectivity index (χ0) is 19.2. The number of H-pyrrole nitrogens is 1. The van der Waals surface area contributed by atoms with Crippen LogP contribution in [-0.2, 0) is 17.8 Å². The molecule has 1 unspecified atom stereocenters. The molecule has 3 rings (SSSR count). The zero-order valence-electron chi connectivity index (χ0n) is 15.3. The van der Waals surface area contributed by atoms with Gasteiger partial charge in [0.25, 0.3) is 0 Å². The Labute approximate surface area is 167 Å². The summed E-state index contributed by atoms with van der Waals surface area (Å²) in [6, 6.07) is 9.75. The van der Waals surface area contributed by atoms with E-state index in [9.17, 15) is 4.79 Å². The molecule has 0 radical (unpaired) electrons. The highest BCUT2D eigenvalue weighted by Gasteiger charge is 2.13. The van der Waals surface area contributed by atoms with Gasteiger partial charge in [-0.15, -0.1) is 0 Å². The monoisotopic (exact) mass is 402 g/mol. The summed E-state index contributed by atoms with van der Waals surface area (Å²) in [5, 5.41) is 14.3. The lowest BCUT2D eigenvalue weighted by atomic mass is 10.1. The van der Waals surface area contributed by atoms with E-state index in [1.807, 2.05) is 41.1 Å². The number of aromatic nitrogens is 3. The zero-order valence-corrected chi connectivity index (χ0v) is 16.9. The SMILES string of the molecule is COc1ccc(-c2n[nH]c(=S)n2CCC(=O)NC(C)Cc2ccsc2)cc1. The van der Waals surface area contributed by atoms with Crippen molar-refractivity contribution in [3.8, 4) is 17.1 Å². The molecular weight excluding hydrogens is 380 g/mol. The summed E-state index contributed by atoms with van der Waals surface area (Å²) in [4.78, 5) is 12.3. The highest BCUT2D eigenvalue weighted by molar-refractivity contribution is 7.71. The van der Waals surface area contributed by atoms with Crippen LogP contribution in [0.5, 0.6) is 5.75 Å². The van der Waals surface area contributed by atoms with E-state index in [2.05, 4.69) is 27.0 Å². The van der Waals surface area contributed by atoms with Crippen LogP contribution in [0.15, 0.2) is 41.1 Å². The predicted molar refractivity (Wildman–Crippen MR) is 110 cm³/mol. The molecule has 0 fully saturated rings. The number of hydrogen-bond acceptors (Lipinski definition) is 5. The Morgan fingerprint density at radius 1 is 1.37 bits per heavy atom. The van der Waals surface area contributed by atoms with Gasteiger partial charge >= 0.3 is 0 Å². The Kier molecular flexibility index (Phi) is 6.41. The lowest BCUT2D eigenvalue weighted by Crippen LogP contribution is -2.34. The van der Waals surface area contributed by atoms with Gasteiger partial charge in [-0.2, -0.15) is 16.4 Å². The van der Waals surface area contributed by atoms with Crippen LogP contribution in [0.1, 0.15) is 18.9 Å². The second kappa shape index (κ2) is 8.96. The molecule has 0 aliphatic carbocycles. The number of hydrogen-bond donors (Lipinski definition) is 2. The third-order valence-electron chi connectivity index (χ3n) is 4.20. The first kappa shape index (κ1) is 19.3. The minimum absolute atomic E-state index is 0.00140. The molecule has 142 valence electrons. The minimum Gasteiger partial charge on any atom is -0.497 e. The molecule has 8 heteroatoms. The number of nitrogens with zero attached hydrogens (tertiary/aromatic N) is 2. The standard InChI is InChI=1S/C19H22N4O2S2/c1-13(11-14-8-10-27-12-14)20-17(24)7-9-23-18(21-22-19(23)26)15-3-5-16(25-2)6-4-15/h3-6,8,10,12-13H,7,9,11H2,1-2H3,(H,20,24)(H,22,26). The summed E-state index contributed by atoms with van der Waals surface area (Å²) in [5.41, 5.74) is 2.15. The second-order valence-electron chi connectivity index (χ2n) is 6.29. The fourth-order valence-electron chi connectivity index (χ4n) is 2.86. The van der Waals surface area contributed by atoms with Crippen LogP contribution in [0.2, 0.25) is 0 Å². The normalized spacial score (nSPS) is 11.9. The maximum atomic E-state index is 12.3. The van der Waals surface area contributed by atoms with Gasteiger partial charge in [-0.05, 0) is 72.2 Å². The molecular formula is C19H22N4O2S2. The molecule has 0 spiro atoms. The number of benzene rings is 1. The van der Waals surface area contributed by atoms with E-state index in [-0.39, 0.29) is 11.9 Å². The third kappa shape index (κ3) is 5.05.